The zero-order chi connectivity index (χ0) is 10.7. The van der Waals surface area contributed by atoms with Crippen LogP contribution in [0.1, 0.15) is 0 Å². The summed E-state index contributed by atoms with van der Waals surface area (Å²) >= 11 is 0. The Balaban J connectivity index is 0.00000128. The van der Waals surface area contributed by atoms with Crippen LogP contribution in [0.5, 0.6) is 0 Å². The fourth-order valence-electron chi connectivity index (χ4n) is 1.10. The molecule has 0 spiro atoms. The summed E-state index contributed by atoms with van der Waals surface area (Å²) in [6.45, 7) is 0. The second kappa shape index (κ2) is 6.79. The van der Waals surface area contributed by atoms with Crippen LogP contribution in [0.3, 0.4) is 0 Å². The highest BCUT2D eigenvalue weighted by atomic mass is 35.5. The molecule has 7 nitrogen and oxygen atoms in total. The molecule has 9 heteroatoms. The first-order chi connectivity index (χ1) is 7.29. The molecule has 0 unspecified atom stereocenters. The Bertz CT molecular complexity index is 517. The number of halogens is 2. The average Bonchev–Trinajstić information content (AvgIpc) is 2.29. The molecule has 0 fully saturated rings. The zero-order valence-electron chi connectivity index (χ0n) is 8.45. The minimum Gasteiger partial charge on any atom is -0.292 e. The molecule has 0 saturated heterocycles. The van der Waals surface area contributed by atoms with Gasteiger partial charge in [0.1, 0.15) is 5.82 Å². The molecule has 0 saturated carbocycles. The van der Waals surface area contributed by atoms with Gasteiger partial charge in [-0.3, -0.25) is 15.4 Å². The van der Waals surface area contributed by atoms with Crippen molar-refractivity contribution >= 4 is 30.8 Å². The van der Waals surface area contributed by atoms with Crippen LogP contribution in [0.2, 0.25) is 0 Å². The van der Waals surface area contributed by atoms with E-state index in [9.17, 15) is 4.79 Å². The predicted molar refractivity (Wildman–Crippen MR) is 68.2 cm³/mol. The van der Waals surface area contributed by atoms with Crippen molar-refractivity contribution in [1.82, 2.24) is 19.9 Å². The molecule has 2 heterocycles. The molecule has 0 aliphatic heterocycles. The van der Waals surface area contributed by atoms with E-state index in [1.807, 2.05) is 0 Å². The van der Waals surface area contributed by atoms with Crippen molar-refractivity contribution in [1.29, 1.82) is 0 Å². The Labute approximate surface area is 109 Å². The maximum Gasteiger partial charge on any atom is 0.349 e. The molecular weight excluding hydrogens is 267 g/mol. The molecule has 2 rings (SSSR count). The quantitative estimate of drug-likeness (QED) is 0.540. The second-order valence-corrected chi connectivity index (χ2v) is 2.71. The van der Waals surface area contributed by atoms with Gasteiger partial charge in [0.05, 0.1) is 0 Å². The summed E-state index contributed by atoms with van der Waals surface area (Å²) in [6, 6.07) is 3.44. The number of hydrogen-bond acceptors (Lipinski definition) is 6. The van der Waals surface area contributed by atoms with Gasteiger partial charge in [-0.1, -0.05) is 0 Å². The van der Waals surface area contributed by atoms with Crippen molar-refractivity contribution in [3.63, 3.8) is 0 Å². The first kappa shape index (κ1) is 15.3. The highest BCUT2D eigenvalue weighted by molar-refractivity contribution is 5.85. The molecule has 0 atom stereocenters. The van der Waals surface area contributed by atoms with Gasteiger partial charge in [-0.25, -0.2) is 10.6 Å². The Morgan fingerprint density at radius 3 is 2.41 bits per heavy atom. The molecular formula is C8H10Cl2N6O. The number of nitrogens with zero attached hydrogens (tertiary/aromatic N) is 3. The molecule has 2 aromatic heterocycles. The van der Waals surface area contributed by atoms with Crippen molar-refractivity contribution in [3.05, 3.63) is 35.0 Å². The van der Waals surface area contributed by atoms with E-state index in [0.29, 0.717) is 5.82 Å². The van der Waals surface area contributed by atoms with E-state index in [1.54, 1.807) is 24.5 Å². The summed E-state index contributed by atoms with van der Waals surface area (Å²) in [5.74, 6) is 5.59. The van der Waals surface area contributed by atoms with Crippen molar-refractivity contribution in [2.24, 2.45) is 5.84 Å². The first-order valence-electron chi connectivity index (χ1n) is 4.15. The van der Waals surface area contributed by atoms with Crippen LogP contribution >= 0.6 is 24.8 Å². The fraction of sp³-hybridized carbons (Fsp3) is 0. The monoisotopic (exact) mass is 276 g/mol. The highest BCUT2D eigenvalue weighted by Gasteiger charge is 2.03. The maximum atomic E-state index is 11.1. The van der Waals surface area contributed by atoms with Gasteiger partial charge in [-0.05, 0) is 12.1 Å². The van der Waals surface area contributed by atoms with Gasteiger partial charge in [0.2, 0.25) is 5.95 Å². The number of hydrogen-bond donors (Lipinski definition) is 3. The number of nitrogen functional groups attached to an aromatic ring is 1. The third-order valence-corrected chi connectivity index (χ3v) is 1.73. The SMILES string of the molecule is Cl.Cl.NNc1nc(-c2ccncc2)[nH]c(=O)n1. The number of aromatic nitrogens is 4. The van der Waals surface area contributed by atoms with Crippen molar-refractivity contribution in [2.75, 3.05) is 5.43 Å². The minimum absolute atomic E-state index is 0. The standard InChI is InChI=1S/C8H8N6O.2ClH/c9-14-7-11-6(12-8(15)13-7)5-1-3-10-4-2-5;;/h1-4H,9H2,(H2,11,12,13,14,15);2*1H. The predicted octanol–water partition coefficient (Wildman–Crippen LogP) is 0.356. The highest BCUT2D eigenvalue weighted by Crippen LogP contribution is 2.11. The van der Waals surface area contributed by atoms with Crippen molar-refractivity contribution in [2.45, 2.75) is 0 Å². The number of anilines is 1. The molecule has 4 N–H and O–H groups in total. The van der Waals surface area contributed by atoms with Crippen LogP contribution in [0.15, 0.2) is 29.3 Å². The van der Waals surface area contributed by atoms with Crippen LogP contribution in [0.25, 0.3) is 11.4 Å². The number of rotatable bonds is 2. The van der Waals surface area contributed by atoms with Crippen LogP contribution in [0.4, 0.5) is 5.95 Å². The number of H-pyrrole nitrogens is 1. The van der Waals surface area contributed by atoms with Crippen LogP contribution < -0.4 is 17.0 Å². The van der Waals surface area contributed by atoms with Crippen molar-refractivity contribution < 1.29 is 0 Å². The molecule has 2 aromatic rings. The van der Waals surface area contributed by atoms with Gasteiger partial charge in [-0.2, -0.15) is 9.97 Å². The summed E-state index contributed by atoms with van der Waals surface area (Å²) in [4.78, 5) is 25.0. The largest absolute Gasteiger partial charge is 0.349 e. The molecule has 0 aromatic carbocycles. The van der Waals surface area contributed by atoms with Crippen LogP contribution in [-0.2, 0) is 0 Å². The van der Waals surface area contributed by atoms with Crippen molar-refractivity contribution in [3.8, 4) is 11.4 Å². The Hall–Kier alpha value is -1.70. The molecule has 0 amide bonds. The van der Waals surface area contributed by atoms with Gasteiger partial charge in [0, 0.05) is 18.0 Å². The van der Waals surface area contributed by atoms with E-state index < -0.39 is 5.69 Å². The summed E-state index contributed by atoms with van der Waals surface area (Å²) in [5, 5.41) is 0. The Morgan fingerprint density at radius 1 is 1.18 bits per heavy atom. The number of nitrogens with two attached hydrogens (primary N) is 1. The van der Waals surface area contributed by atoms with E-state index in [0.717, 1.165) is 5.56 Å². The lowest BCUT2D eigenvalue weighted by Gasteiger charge is -2.01. The average molecular weight is 277 g/mol. The second-order valence-electron chi connectivity index (χ2n) is 2.71. The zero-order valence-corrected chi connectivity index (χ0v) is 10.1. The lowest BCUT2D eigenvalue weighted by Crippen LogP contribution is -2.19. The fourth-order valence-corrected chi connectivity index (χ4v) is 1.10. The van der Waals surface area contributed by atoms with E-state index in [2.05, 4.69) is 25.4 Å². The van der Waals surface area contributed by atoms with Crippen LogP contribution in [-0.4, -0.2) is 19.9 Å². The Morgan fingerprint density at radius 2 is 1.82 bits per heavy atom. The molecule has 0 aliphatic rings. The lowest BCUT2D eigenvalue weighted by molar-refractivity contribution is 0.984. The van der Waals surface area contributed by atoms with Gasteiger partial charge < -0.3 is 0 Å². The van der Waals surface area contributed by atoms with Gasteiger partial charge in [0.25, 0.3) is 0 Å². The molecule has 0 bridgehead atoms. The molecule has 0 radical (unpaired) electrons. The van der Waals surface area contributed by atoms with Gasteiger partial charge in [0.15, 0.2) is 0 Å². The van der Waals surface area contributed by atoms with E-state index in [1.165, 1.54) is 0 Å². The smallest absolute Gasteiger partial charge is 0.292 e. The molecule has 92 valence electrons. The first-order valence-corrected chi connectivity index (χ1v) is 4.15. The summed E-state index contributed by atoms with van der Waals surface area (Å²) in [5.41, 5.74) is 2.45. The molecule has 17 heavy (non-hydrogen) atoms. The molecule has 0 aliphatic carbocycles. The maximum absolute atomic E-state index is 11.1. The normalized spacial score (nSPS) is 8.76. The van der Waals surface area contributed by atoms with Gasteiger partial charge in [-0.15, -0.1) is 24.8 Å². The van der Waals surface area contributed by atoms with E-state index in [-0.39, 0.29) is 30.8 Å². The third kappa shape index (κ3) is 3.66. The summed E-state index contributed by atoms with van der Waals surface area (Å²) in [7, 11) is 0. The Kier molecular flexibility index (Phi) is 6.11. The lowest BCUT2D eigenvalue weighted by atomic mass is 10.2. The summed E-state index contributed by atoms with van der Waals surface area (Å²) < 4.78 is 0. The number of nitrogens with one attached hydrogen (secondary N) is 2. The number of aromatic amines is 1. The minimum atomic E-state index is -0.509. The van der Waals surface area contributed by atoms with Crippen LogP contribution in [0, 0.1) is 0 Å². The number of hydrazine groups is 1. The summed E-state index contributed by atoms with van der Waals surface area (Å²) in [6.07, 6.45) is 3.20. The number of pyridine rings is 1. The van der Waals surface area contributed by atoms with E-state index >= 15 is 0 Å². The topological polar surface area (TPSA) is 110 Å². The van der Waals surface area contributed by atoms with Gasteiger partial charge >= 0.3 is 5.69 Å². The van der Waals surface area contributed by atoms with E-state index in [4.69, 9.17) is 5.84 Å². The third-order valence-electron chi connectivity index (χ3n) is 1.73.